The summed E-state index contributed by atoms with van der Waals surface area (Å²) < 4.78 is 27.4. The van der Waals surface area contributed by atoms with Crippen molar-refractivity contribution in [3.05, 3.63) is 59.7 Å². The lowest BCUT2D eigenvalue weighted by Gasteiger charge is -2.35. The number of benzene rings is 2. The lowest BCUT2D eigenvalue weighted by molar-refractivity contribution is 0.384. The average Bonchev–Trinajstić information content (AvgIpc) is 2.58. The second-order valence-electron chi connectivity index (χ2n) is 6.00. The predicted molar refractivity (Wildman–Crippen MR) is 93.3 cm³/mol. The molecule has 0 aromatic heterocycles. The molecule has 0 N–H and O–H groups in total. The van der Waals surface area contributed by atoms with Crippen molar-refractivity contribution in [1.82, 2.24) is 4.31 Å². The minimum absolute atomic E-state index is 0.436. The molecule has 4 nitrogen and oxygen atoms in total. The van der Waals surface area contributed by atoms with Gasteiger partial charge in [0.25, 0.3) is 0 Å². The fourth-order valence-electron chi connectivity index (χ4n) is 2.95. The highest BCUT2D eigenvalue weighted by Gasteiger charge is 2.29. The predicted octanol–water partition coefficient (Wildman–Crippen LogP) is 2.81. The summed E-state index contributed by atoms with van der Waals surface area (Å²) in [6.07, 6.45) is 0. The molecule has 0 radical (unpaired) electrons. The van der Waals surface area contributed by atoms with E-state index in [-0.39, 0.29) is 0 Å². The summed E-state index contributed by atoms with van der Waals surface area (Å²) >= 11 is 0. The molecule has 122 valence electrons. The van der Waals surface area contributed by atoms with Crippen LogP contribution in [0.3, 0.4) is 0 Å². The van der Waals surface area contributed by atoms with E-state index in [0.29, 0.717) is 31.1 Å². The number of hydrogen-bond donors (Lipinski definition) is 0. The van der Waals surface area contributed by atoms with Crippen molar-refractivity contribution in [1.29, 1.82) is 0 Å². The Kier molecular flexibility index (Phi) is 4.41. The molecular formula is C18H22N2O2S. The molecule has 2 aromatic rings. The van der Waals surface area contributed by atoms with E-state index in [1.807, 2.05) is 44.2 Å². The van der Waals surface area contributed by atoms with E-state index >= 15 is 0 Å². The standard InChI is InChI=1S/C18H22N2O2S/c1-15-8-9-16(2)18(14-15)23(21,22)20-12-10-19(11-13-20)17-6-4-3-5-7-17/h3-9,14H,10-13H2,1-2H3. The van der Waals surface area contributed by atoms with Crippen LogP contribution >= 0.6 is 0 Å². The summed E-state index contributed by atoms with van der Waals surface area (Å²) in [6, 6.07) is 15.7. The summed E-state index contributed by atoms with van der Waals surface area (Å²) in [5, 5.41) is 0. The second kappa shape index (κ2) is 6.34. The van der Waals surface area contributed by atoms with Gasteiger partial charge >= 0.3 is 0 Å². The summed E-state index contributed by atoms with van der Waals surface area (Å²) in [5.41, 5.74) is 2.93. The highest BCUT2D eigenvalue weighted by Crippen LogP contribution is 2.24. The van der Waals surface area contributed by atoms with E-state index in [1.54, 1.807) is 10.4 Å². The Morgan fingerprint density at radius 1 is 0.870 bits per heavy atom. The van der Waals surface area contributed by atoms with Gasteiger partial charge in [-0.25, -0.2) is 8.42 Å². The number of hydrogen-bond acceptors (Lipinski definition) is 3. The molecule has 3 rings (SSSR count). The fourth-order valence-corrected chi connectivity index (χ4v) is 4.68. The van der Waals surface area contributed by atoms with Crippen molar-refractivity contribution in [3.8, 4) is 0 Å². The smallest absolute Gasteiger partial charge is 0.243 e. The molecule has 0 bridgehead atoms. The third kappa shape index (κ3) is 3.26. The zero-order valence-electron chi connectivity index (χ0n) is 13.6. The number of piperazine rings is 1. The van der Waals surface area contributed by atoms with Gasteiger partial charge in [-0.05, 0) is 43.2 Å². The SMILES string of the molecule is Cc1ccc(C)c(S(=O)(=O)N2CCN(c3ccccc3)CC2)c1. The van der Waals surface area contributed by atoms with Crippen molar-refractivity contribution in [3.63, 3.8) is 0 Å². The molecule has 0 saturated carbocycles. The highest BCUT2D eigenvalue weighted by molar-refractivity contribution is 7.89. The van der Waals surface area contributed by atoms with Crippen LogP contribution in [0.15, 0.2) is 53.4 Å². The summed E-state index contributed by atoms with van der Waals surface area (Å²) in [6.45, 7) is 6.25. The Morgan fingerprint density at radius 3 is 2.17 bits per heavy atom. The van der Waals surface area contributed by atoms with Crippen molar-refractivity contribution in [2.45, 2.75) is 18.7 Å². The third-order valence-corrected chi connectivity index (χ3v) is 6.36. The molecule has 0 unspecified atom stereocenters. The Balaban J connectivity index is 1.78. The maximum absolute atomic E-state index is 12.9. The molecule has 0 atom stereocenters. The number of anilines is 1. The van der Waals surface area contributed by atoms with Crippen LogP contribution in [0, 0.1) is 13.8 Å². The maximum Gasteiger partial charge on any atom is 0.243 e. The van der Waals surface area contributed by atoms with E-state index in [4.69, 9.17) is 0 Å². The Hall–Kier alpha value is -1.85. The van der Waals surface area contributed by atoms with Crippen LogP contribution in [-0.4, -0.2) is 38.9 Å². The van der Waals surface area contributed by atoms with Gasteiger partial charge in [-0.15, -0.1) is 0 Å². The van der Waals surface area contributed by atoms with Gasteiger partial charge in [0.15, 0.2) is 0 Å². The molecule has 1 saturated heterocycles. The Labute approximate surface area is 138 Å². The molecule has 1 fully saturated rings. The zero-order valence-corrected chi connectivity index (χ0v) is 14.4. The van der Waals surface area contributed by atoms with Gasteiger partial charge in [-0.1, -0.05) is 30.3 Å². The van der Waals surface area contributed by atoms with Crippen molar-refractivity contribution >= 4 is 15.7 Å². The van der Waals surface area contributed by atoms with Gasteiger partial charge in [-0.2, -0.15) is 4.31 Å². The third-order valence-electron chi connectivity index (χ3n) is 4.32. The van der Waals surface area contributed by atoms with Gasteiger partial charge in [0.2, 0.25) is 10.0 Å². The lowest BCUT2D eigenvalue weighted by Crippen LogP contribution is -2.48. The first-order valence-electron chi connectivity index (χ1n) is 7.86. The average molecular weight is 330 g/mol. The fraction of sp³-hybridized carbons (Fsp3) is 0.333. The van der Waals surface area contributed by atoms with Crippen LogP contribution in [0.25, 0.3) is 0 Å². The number of nitrogens with zero attached hydrogens (tertiary/aromatic N) is 2. The first-order valence-corrected chi connectivity index (χ1v) is 9.30. The largest absolute Gasteiger partial charge is 0.369 e. The van der Waals surface area contributed by atoms with E-state index in [0.717, 1.165) is 16.8 Å². The van der Waals surface area contributed by atoms with Crippen LogP contribution in [0.5, 0.6) is 0 Å². The summed E-state index contributed by atoms with van der Waals surface area (Å²) in [4.78, 5) is 2.67. The lowest BCUT2D eigenvalue weighted by atomic mass is 10.2. The molecule has 0 aliphatic carbocycles. The highest BCUT2D eigenvalue weighted by atomic mass is 32.2. The Bertz CT molecular complexity index is 780. The first kappa shape index (κ1) is 16.0. The van der Waals surface area contributed by atoms with Gasteiger partial charge in [0.05, 0.1) is 4.90 Å². The van der Waals surface area contributed by atoms with E-state index in [2.05, 4.69) is 17.0 Å². The number of rotatable bonds is 3. The molecule has 0 amide bonds. The van der Waals surface area contributed by atoms with Crippen LogP contribution in [-0.2, 0) is 10.0 Å². The normalized spacial score (nSPS) is 16.5. The number of sulfonamides is 1. The molecule has 0 spiro atoms. The molecule has 2 aromatic carbocycles. The Morgan fingerprint density at radius 2 is 1.52 bits per heavy atom. The molecule has 23 heavy (non-hydrogen) atoms. The minimum atomic E-state index is -3.41. The van der Waals surface area contributed by atoms with Gasteiger partial charge in [0, 0.05) is 31.9 Å². The van der Waals surface area contributed by atoms with E-state index in [9.17, 15) is 8.42 Å². The molecule has 1 aliphatic heterocycles. The number of aryl methyl sites for hydroxylation is 2. The molecule has 1 aliphatic rings. The summed E-state index contributed by atoms with van der Waals surface area (Å²) in [5.74, 6) is 0. The van der Waals surface area contributed by atoms with Gasteiger partial charge < -0.3 is 4.90 Å². The van der Waals surface area contributed by atoms with Crippen LogP contribution < -0.4 is 4.90 Å². The summed E-state index contributed by atoms with van der Waals surface area (Å²) in [7, 11) is -3.41. The molecule has 1 heterocycles. The maximum atomic E-state index is 12.9. The molecular weight excluding hydrogens is 308 g/mol. The first-order chi connectivity index (χ1) is 11.0. The van der Waals surface area contributed by atoms with E-state index in [1.165, 1.54) is 0 Å². The van der Waals surface area contributed by atoms with Crippen LogP contribution in [0.1, 0.15) is 11.1 Å². The zero-order chi connectivity index (χ0) is 16.4. The molecule has 5 heteroatoms. The van der Waals surface area contributed by atoms with E-state index < -0.39 is 10.0 Å². The number of para-hydroxylation sites is 1. The van der Waals surface area contributed by atoms with Gasteiger partial charge in [0.1, 0.15) is 0 Å². The second-order valence-corrected chi connectivity index (χ2v) is 7.90. The minimum Gasteiger partial charge on any atom is -0.369 e. The topological polar surface area (TPSA) is 40.6 Å². The van der Waals surface area contributed by atoms with Crippen LogP contribution in [0.2, 0.25) is 0 Å². The monoisotopic (exact) mass is 330 g/mol. The van der Waals surface area contributed by atoms with Gasteiger partial charge in [-0.3, -0.25) is 0 Å². The van der Waals surface area contributed by atoms with Crippen molar-refractivity contribution < 1.29 is 8.42 Å². The van der Waals surface area contributed by atoms with Crippen molar-refractivity contribution in [2.75, 3.05) is 31.1 Å². The quantitative estimate of drug-likeness (QED) is 0.869. The van der Waals surface area contributed by atoms with Crippen molar-refractivity contribution in [2.24, 2.45) is 0 Å². The van der Waals surface area contributed by atoms with Crippen LogP contribution in [0.4, 0.5) is 5.69 Å².